The monoisotopic (exact) mass is 344 g/mol. The predicted octanol–water partition coefficient (Wildman–Crippen LogP) is 1.21. The van der Waals surface area contributed by atoms with Crippen LogP contribution in [-0.4, -0.2) is 52.7 Å². The number of alkyl halides is 1. The minimum absolute atomic E-state index is 0.399. The van der Waals surface area contributed by atoms with Crippen LogP contribution in [-0.2, 0) is 6.54 Å². The smallest absolute Gasteiger partial charge is 0.170 e. The Hall–Kier alpha value is -2.97. The van der Waals surface area contributed by atoms with E-state index in [0.29, 0.717) is 43.4 Å². The van der Waals surface area contributed by atoms with Gasteiger partial charge < -0.3 is 20.9 Å². The van der Waals surface area contributed by atoms with E-state index >= 15 is 0 Å². The maximum Gasteiger partial charge on any atom is 0.170 e. The third-order valence-corrected chi connectivity index (χ3v) is 3.91. The Bertz CT molecular complexity index is 739. The third kappa shape index (κ3) is 4.11. The molecule has 9 heteroatoms. The summed E-state index contributed by atoms with van der Waals surface area (Å²) in [5.74, 6) is 1.98. The zero-order valence-corrected chi connectivity index (χ0v) is 14.0. The normalized spacial score (nSPS) is 17.6. The molecule has 1 saturated heterocycles. The molecule has 0 aromatic carbocycles. The molecule has 0 bridgehead atoms. The maximum atomic E-state index is 13.3. The van der Waals surface area contributed by atoms with Gasteiger partial charge in [0.15, 0.2) is 11.6 Å². The number of hydrogen-bond acceptors (Lipinski definition) is 7. The van der Waals surface area contributed by atoms with Crippen LogP contribution in [0.25, 0.3) is 11.4 Å². The second-order valence-electron chi connectivity index (χ2n) is 5.72. The van der Waals surface area contributed by atoms with Gasteiger partial charge in [-0.1, -0.05) is 0 Å². The molecular formula is C16H21FN8. The molecule has 25 heavy (non-hydrogen) atoms. The SMILES string of the molecule is CN/C=C(\C=N)NCc1n[nH]c(-c2ccc(N3CC[C@H](F)C3)nc2)n1. The Labute approximate surface area is 145 Å². The van der Waals surface area contributed by atoms with Crippen LogP contribution in [0.2, 0.25) is 0 Å². The Morgan fingerprint density at radius 2 is 2.40 bits per heavy atom. The summed E-state index contributed by atoms with van der Waals surface area (Å²) >= 11 is 0. The van der Waals surface area contributed by atoms with E-state index in [9.17, 15) is 4.39 Å². The molecule has 0 radical (unpaired) electrons. The highest BCUT2D eigenvalue weighted by molar-refractivity contribution is 5.74. The molecule has 3 rings (SSSR count). The molecule has 1 atom stereocenters. The molecule has 2 aromatic rings. The van der Waals surface area contributed by atoms with Crippen molar-refractivity contribution in [2.24, 2.45) is 0 Å². The van der Waals surface area contributed by atoms with E-state index < -0.39 is 6.17 Å². The summed E-state index contributed by atoms with van der Waals surface area (Å²) in [6.45, 7) is 1.50. The minimum Gasteiger partial charge on any atom is -0.392 e. The molecule has 0 aliphatic carbocycles. The lowest BCUT2D eigenvalue weighted by Crippen LogP contribution is -2.20. The molecule has 0 amide bonds. The van der Waals surface area contributed by atoms with Crippen molar-refractivity contribution in [1.82, 2.24) is 30.8 Å². The Morgan fingerprint density at radius 3 is 3.04 bits per heavy atom. The second-order valence-corrected chi connectivity index (χ2v) is 5.72. The molecule has 3 heterocycles. The first-order chi connectivity index (χ1) is 12.2. The second kappa shape index (κ2) is 7.73. The van der Waals surface area contributed by atoms with Crippen LogP contribution >= 0.6 is 0 Å². The largest absolute Gasteiger partial charge is 0.392 e. The van der Waals surface area contributed by atoms with E-state index in [0.717, 1.165) is 11.4 Å². The van der Waals surface area contributed by atoms with Gasteiger partial charge in [-0.2, -0.15) is 5.10 Å². The van der Waals surface area contributed by atoms with E-state index in [2.05, 4.69) is 30.8 Å². The molecule has 4 N–H and O–H groups in total. The van der Waals surface area contributed by atoms with E-state index in [1.807, 2.05) is 17.0 Å². The summed E-state index contributed by atoms with van der Waals surface area (Å²) < 4.78 is 13.3. The quantitative estimate of drug-likeness (QED) is 0.563. The van der Waals surface area contributed by atoms with Gasteiger partial charge in [0.05, 0.1) is 18.8 Å². The first-order valence-corrected chi connectivity index (χ1v) is 8.08. The molecule has 2 aromatic heterocycles. The highest BCUT2D eigenvalue weighted by Gasteiger charge is 2.22. The molecule has 132 valence electrons. The van der Waals surface area contributed by atoms with Gasteiger partial charge in [-0.15, -0.1) is 0 Å². The number of H-pyrrole nitrogens is 1. The number of pyridine rings is 1. The highest BCUT2D eigenvalue weighted by Crippen LogP contribution is 2.22. The molecule has 0 spiro atoms. The van der Waals surface area contributed by atoms with Crippen LogP contribution < -0.4 is 15.5 Å². The van der Waals surface area contributed by atoms with Gasteiger partial charge in [0.2, 0.25) is 0 Å². The number of anilines is 1. The van der Waals surface area contributed by atoms with E-state index in [1.54, 1.807) is 19.4 Å². The van der Waals surface area contributed by atoms with Gasteiger partial charge in [0.1, 0.15) is 12.0 Å². The Balaban J connectivity index is 1.64. The van der Waals surface area contributed by atoms with Crippen LogP contribution in [0, 0.1) is 5.41 Å². The van der Waals surface area contributed by atoms with Gasteiger partial charge in [-0.05, 0) is 18.6 Å². The summed E-state index contributed by atoms with van der Waals surface area (Å²) in [6.07, 6.45) is 4.40. The molecule has 1 aliphatic rings. The summed E-state index contributed by atoms with van der Waals surface area (Å²) in [4.78, 5) is 10.8. The van der Waals surface area contributed by atoms with Crippen molar-refractivity contribution in [3.63, 3.8) is 0 Å². The van der Waals surface area contributed by atoms with Gasteiger partial charge >= 0.3 is 0 Å². The highest BCUT2D eigenvalue weighted by atomic mass is 19.1. The number of nitrogens with one attached hydrogen (secondary N) is 4. The number of allylic oxidation sites excluding steroid dienone is 1. The number of aromatic amines is 1. The average Bonchev–Trinajstić information content (AvgIpc) is 3.28. The summed E-state index contributed by atoms with van der Waals surface area (Å²) in [5.41, 5.74) is 1.45. The molecular weight excluding hydrogens is 323 g/mol. The fraction of sp³-hybridized carbons (Fsp3) is 0.375. The van der Waals surface area contributed by atoms with Gasteiger partial charge in [-0.3, -0.25) is 5.10 Å². The molecule has 1 fully saturated rings. The number of halogens is 1. The van der Waals surface area contributed by atoms with Crippen molar-refractivity contribution in [2.45, 2.75) is 19.1 Å². The number of hydrogen-bond donors (Lipinski definition) is 4. The fourth-order valence-corrected chi connectivity index (χ4v) is 2.62. The fourth-order valence-electron chi connectivity index (χ4n) is 2.62. The van der Waals surface area contributed by atoms with Crippen molar-refractivity contribution in [3.05, 3.63) is 36.1 Å². The van der Waals surface area contributed by atoms with Crippen molar-refractivity contribution in [1.29, 1.82) is 5.41 Å². The molecule has 1 aliphatic heterocycles. The van der Waals surface area contributed by atoms with Gasteiger partial charge in [0, 0.05) is 37.8 Å². The summed E-state index contributed by atoms with van der Waals surface area (Å²) in [6, 6.07) is 3.77. The number of rotatable bonds is 7. The van der Waals surface area contributed by atoms with Crippen LogP contribution in [0.5, 0.6) is 0 Å². The zero-order chi connectivity index (χ0) is 17.6. The molecule has 8 nitrogen and oxygen atoms in total. The topological polar surface area (TPSA) is 106 Å². The maximum absolute atomic E-state index is 13.3. The summed E-state index contributed by atoms with van der Waals surface area (Å²) in [5, 5.41) is 20.2. The van der Waals surface area contributed by atoms with E-state index in [-0.39, 0.29) is 0 Å². The number of aromatic nitrogens is 4. The Kier molecular flexibility index (Phi) is 5.22. The first kappa shape index (κ1) is 16.9. The summed E-state index contributed by atoms with van der Waals surface area (Å²) in [7, 11) is 1.77. The number of nitrogens with zero attached hydrogens (tertiary/aromatic N) is 4. The lowest BCUT2D eigenvalue weighted by Gasteiger charge is -2.15. The van der Waals surface area contributed by atoms with E-state index in [4.69, 9.17) is 5.41 Å². The van der Waals surface area contributed by atoms with Crippen LogP contribution in [0.15, 0.2) is 30.2 Å². The zero-order valence-electron chi connectivity index (χ0n) is 14.0. The first-order valence-electron chi connectivity index (χ1n) is 8.08. The van der Waals surface area contributed by atoms with Crippen LogP contribution in [0.1, 0.15) is 12.2 Å². The van der Waals surface area contributed by atoms with Crippen LogP contribution in [0.4, 0.5) is 10.2 Å². The standard InChI is InChI=1S/C16H21FN8/c1-19-8-13(6-18)20-9-14-22-16(24-23-14)11-2-3-15(21-7-11)25-5-4-12(17)10-25/h2-3,6-8,12,18-20H,4-5,9-10H2,1H3,(H,22,23,24)/b13-8+,18-6?/t12-/m0/s1. The van der Waals surface area contributed by atoms with Crippen molar-refractivity contribution >= 4 is 12.0 Å². The van der Waals surface area contributed by atoms with Crippen molar-refractivity contribution in [2.75, 3.05) is 25.0 Å². The third-order valence-electron chi connectivity index (χ3n) is 3.91. The minimum atomic E-state index is -0.770. The van der Waals surface area contributed by atoms with Crippen molar-refractivity contribution < 1.29 is 4.39 Å². The van der Waals surface area contributed by atoms with E-state index in [1.165, 1.54) is 6.21 Å². The van der Waals surface area contributed by atoms with Gasteiger partial charge in [-0.25, -0.2) is 14.4 Å². The lowest BCUT2D eigenvalue weighted by atomic mass is 10.2. The van der Waals surface area contributed by atoms with Crippen molar-refractivity contribution in [3.8, 4) is 11.4 Å². The van der Waals surface area contributed by atoms with Crippen LogP contribution in [0.3, 0.4) is 0 Å². The average molecular weight is 344 g/mol. The molecule has 0 unspecified atom stereocenters. The molecule has 0 saturated carbocycles. The van der Waals surface area contributed by atoms with Gasteiger partial charge in [0.25, 0.3) is 0 Å². The Morgan fingerprint density at radius 1 is 1.52 bits per heavy atom. The predicted molar refractivity (Wildman–Crippen MR) is 94.1 cm³/mol. The lowest BCUT2D eigenvalue weighted by molar-refractivity contribution is 0.364.